The van der Waals surface area contributed by atoms with Gasteiger partial charge in [-0.25, -0.2) is 4.79 Å². The van der Waals surface area contributed by atoms with E-state index in [0.717, 1.165) is 10.9 Å². The summed E-state index contributed by atoms with van der Waals surface area (Å²) in [5.41, 5.74) is 1.12. The normalized spacial score (nSPS) is 19.4. The summed E-state index contributed by atoms with van der Waals surface area (Å²) in [4.78, 5) is 40.4. The number of aromatic nitrogens is 1. The van der Waals surface area contributed by atoms with Crippen molar-refractivity contribution >= 4 is 40.4 Å². The molecule has 10 heteroatoms. The predicted octanol–water partition coefficient (Wildman–Crippen LogP) is 1.43. The Morgan fingerprint density at radius 2 is 2.07 bits per heavy atom. The first-order valence-electron chi connectivity index (χ1n) is 8.72. The molecular weight excluding hydrogens is 388 g/mol. The van der Waals surface area contributed by atoms with Crippen molar-refractivity contribution in [2.75, 3.05) is 26.8 Å². The highest BCUT2D eigenvalue weighted by Crippen LogP contribution is 2.20. The molecule has 1 aliphatic rings. The molecule has 2 atom stereocenters. The summed E-state index contributed by atoms with van der Waals surface area (Å²) < 4.78 is 4.85. The van der Waals surface area contributed by atoms with Crippen molar-refractivity contribution in [3.63, 3.8) is 0 Å². The molecule has 0 radical (unpaired) electrons. The number of carbonyl (C=O) groups excluding carboxylic acids is 2. The summed E-state index contributed by atoms with van der Waals surface area (Å²) in [6.07, 6.45) is -0.802. The van der Waals surface area contributed by atoms with Crippen LogP contribution < -0.4 is 10.6 Å². The third kappa shape index (κ3) is 4.55. The standard InChI is InChI=1S/C18H21ClN4O5/c1-28-9-16(24)23-5-4-13(15(8-23)22-18(26)27)21-17(25)14-7-10-6-11(19)2-3-12(10)20-14/h2-3,6-7,13,15,20,22H,4-5,8-9H2,1H3,(H,21,25)(H,26,27)/t13-,15+/m0/s1. The molecule has 1 aromatic heterocycles. The van der Waals surface area contributed by atoms with Gasteiger partial charge in [0, 0.05) is 36.1 Å². The number of piperidine rings is 1. The minimum Gasteiger partial charge on any atom is -0.465 e. The van der Waals surface area contributed by atoms with Crippen molar-refractivity contribution in [3.8, 4) is 0 Å². The summed E-state index contributed by atoms with van der Waals surface area (Å²) in [7, 11) is 1.42. The molecule has 1 aromatic carbocycles. The first kappa shape index (κ1) is 20.0. The maximum absolute atomic E-state index is 12.7. The molecule has 2 aromatic rings. The van der Waals surface area contributed by atoms with Gasteiger partial charge >= 0.3 is 6.09 Å². The molecule has 150 valence electrons. The Balaban J connectivity index is 1.72. The van der Waals surface area contributed by atoms with Crippen LogP contribution in [0.4, 0.5) is 4.79 Å². The number of hydrogen-bond acceptors (Lipinski definition) is 4. The van der Waals surface area contributed by atoms with Crippen molar-refractivity contribution in [2.45, 2.75) is 18.5 Å². The van der Waals surface area contributed by atoms with Gasteiger partial charge in [-0.05, 0) is 30.7 Å². The van der Waals surface area contributed by atoms with Crippen LogP contribution in [0.25, 0.3) is 10.9 Å². The van der Waals surface area contributed by atoms with Gasteiger partial charge in [0.05, 0.1) is 12.1 Å². The summed E-state index contributed by atoms with van der Waals surface area (Å²) >= 11 is 5.97. The third-order valence-corrected chi connectivity index (χ3v) is 4.92. The number of methoxy groups -OCH3 is 1. The number of nitrogens with zero attached hydrogens (tertiary/aromatic N) is 1. The van der Waals surface area contributed by atoms with Crippen LogP contribution in [0.15, 0.2) is 24.3 Å². The van der Waals surface area contributed by atoms with E-state index in [2.05, 4.69) is 15.6 Å². The zero-order valence-corrected chi connectivity index (χ0v) is 16.0. The van der Waals surface area contributed by atoms with Gasteiger partial charge in [-0.1, -0.05) is 11.6 Å². The third-order valence-electron chi connectivity index (χ3n) is 4.69. The van der Waals surface area contributed by atoms with Gasteiger partial charge in [0.2, 0.25) is 5.91 Å². The Morgan fingerprint density at radius 3 is 2.79 bits per heavy atom. The van der Waals surface area contributed by atoms with Crippen molar-refractivity contribution < 1.29 is 24.2 Å². The second kappa shape index (κ2) is 8.49. The lowest BCUT2D eigenvalue weighted by molar-refractivity contribution is -0.136. The Labute approximate surface area is 166 Å². The lowest BCUT2D eigenvalue weighted by Crippen LogP contribution is -2.61. The summed E-state index contributed by atoms with van der Waals surface area (Å²) in [6.45, 7) is 0.476. The second-order valence-corrected chi connectivity index (χ2v) is 7.05. The number of likely N-dealkylation sites (tertiary alicyclic amines) is 1. The van der Waals surface area contributed by atoms with Gasteiger partial charge in [-0.15, -0.1) is 0 Å². The summed E-state index contributed by atoms with van der Waals surface area (Å²) in [6, 6.07) is 5.86. The average Bonchev–Trinajstić information content (AvgIpc) is 3.06. The van der Waals surface area contributed by atoms with Gasteiger partial charge in [-0.2, -0.15) is 0 Å². The Morgan fingerprint density at radius 1 is 1.29 bits per heavy atom. The molecule has 0 unspecified atom stereocenters. The molecule has 0 saturated carbocycles. The van der Waals surface area contributed by atoms with E-state index in [-0.39, 0.29) is 25.0 Å². The fourth-order valence-corrected chi connectivity index (χ4v) is 3.52. The van der Waals surface area contributed by atoms with Crippen LogP contribution in [-0.2, 0) is 9.53 Å². The van der Waals surface area contributed by atoms with Gasteiger partial charge in [0.25, 0.3) is 5.91 Å². The Hall–Kier alpha value is -2.78. The van der Waals surface area contributed by atoms with Crippen molar-refractivity contribution in [2.24, 2.45) is 0 Å². The minimum atomic E-state index is -1.22. The summed E-state index contributed by atoms with van der Waals surface area (Å²) in [5.74, 6) is -0.580. The number of carbonyl (C=O) groups is 3. The molecule has 4 N–H and O–H groups in total. The minimum absolute atomic E-state index is 0.0750. The Bertz CT molecular complexity index is 899. The fourth-order valence-electron chi connectivity index (χ4n) is 3.34. The van der Waals surface area contributed by atoms with Gasteiger partial charge in [0.15, 0.2) is 0 Å². The number of rotatable bonds is 5. The zero-order chi connectivity index (χ0) is 20.3. The van der Waals surface area contributed by atoms with Crippen molar-refractivity contribution in [3.05, 3.63) is 35.0 Å². The van der Waals surface area contributed by atoms with Gasteiger partial charge < -0.3 is 30.4 Å². The highest BCUT2D eigenvalue weighted by molar-refractivity contribution is 6.31. The number of carboxylic acid groups (broad SMARTS) is 1. The van der Waals surface area contributed by atoms with Crippen LogP contribution in [0.3, 0.4) is 0 Å². The second-order valence-electron chi connectivity index (χ2n) is 6.61. The number of fused-ring (bicyclic) bond motifs is 1. The maximum atomic E-state index is 12.7. The van der Waals surface area contributed by atoms with Crippen molar-refractivity contribution in [1.82, 2.24) is 20.5 Å². The lowest BCUT2D eigenvalue weighted by Gasteiger charge is -2.38. The fraction of sp³-hybridized carbons (Fsp3) is 0.389. The number of hydrogen-bond donors (Lipinski definition) is 4. The monoisotopic (exact) mass is 408 g/mol. The van der Waals surface area contributed by atoms with Crippen LogP contribution in [0.1, 0.15) is 16.9 Å². The van der Waals surface area contributed by atoms with E-state index in [4.69, 9.17) is 21.4 Å². The molecule has 1 fully saturated rings. The quantitative estimate of drug-likeness (QED) is 0.596. The first-order chi connectivity index (χ1) is 13.4. The number of nitrogens with one attached hydrogen (secondary N) is 3. The highest BCUT2D eigenvalue weighted by Gasteiger charge is 2.33. The van der Waals surface area contributed by atoms with Crippen LogP contribution in [0, 0.1) is 0 Å². The molecule has 28 heavy (non-hydrogen) atoms. The molecule has 3 amide bonds. The molecular formula is C18H21ClN4O5. The zero-order valence-electron chi connectivity index (χ0n) is 15.2. The van der Waals surface area contributed by atoms with E-state index in [0.29, 0.717) is 23.7 Å². The van der Waals surface area contributed by atoms with Crippen molar-refractivity contribution in [1.29, 1.82) is 0 Å². The average molecular weight is 409 g/mol. The molecule has 3 rings (SSSR count). The number of aromatic amines is 1. The maximum Gasteiger partial charge on any atom is 0.405 e. The molecule has 2 heterocycles. The number of benzene rings is 1. The van der Waals surface area contributed by atoms with Crippen LogP contribution >= 0.6 is 11.6 Å². The van der Waals surface area contributed by atoms with Gasteiger partial charge in [0.1, 0.15) is 12.3 Å². The number of ether oxygens (including phenoxy) is 1. The first-order valence-corrected chi connectivity index (χ1v) is 9.10. The summed E-state index contributed by atoms with van der Waals surface area (Å²) in [5, 5.41) is 15.7. The predicted molar refractivity (Wildman–Crippen MR) is 103 cm³/mol. The molecule has 1 saturated heterocycles. The molecule has 0 spiro atoms. The van der Waals surface area contributed by atoms with E-state index < -0.39 is 18.2 Å². The molecule has 0 bridgehead atoms. The lowest BCUT2D eigenvalue weighted by atomic mass is 9.99. The molecule has 0 aliphatic carbocycles. The Kier molecular flexibility index (Phi) is 6.05. The van der Waals surface area contributed by atoms with E-state index in [9.17, 15) is 14.4 Å². The van der Waals surface area contributed by atoms with Crippen LogP contribution in [0.5, 0.6) is 0 Å². The van der Waals surface area contributed by atoms with Crippen LogP contribution in [0.2, 0.25) is 5.02 Å². The van der Waals surface area contributed by atoms with Gasteiger partial charge in [-0.3, -0.25) is 9.59 Å². The smallest absolute Gasteiger partial charge is 0.405 e. The number of halogens is 1. The van der Waals surface area contributed by atoms with E-state index in [1.165, 1.54) is 12.0 Å². The van der Waals surface area contributed by atoms with Crippen LogP contribution in [-0.4, -0.2) is 71.8 Å². The molecule has 1 aliphatic heterocycles. The topological polar surface area (TPSA) is 124 Å². The largest absolute Gasteiger partial charge is 0.465 e. The number of H-pyrrole nitrogens is 1. The van der Waals surface area contributed by atoms with E-state index >= 15 is 0 Å². The van der Waals surface area contributed by atoms with E-state index in [1.807, 2.05) is 0 Å². The van der Waals surface area contributed by atoms with E-state index in [1.54, 1.807) is 24.3 Å². The number of amides is 3. The highest BCUT2D eigenvalue weighted by atomic mass is 35.5. The molecule has 9 nitrogen and oxygen atoms in total. The SMILES string of the molecule is COCC(=O)N1CC[C@H](NC(=O)c2cc3cc(Cl)ccc3[nH]2)[C@H](NC(=O)O)C1.